The quantitative estimate of drug-likeness (QED) is 0.799. The van der Waals surface area contributed by atoms with Gasteiger partial charge in [-0.05, 0) is 30.7 Å². The minimum atomic E-state index is -0.629. The molecule has 1 aromatic rings. The maximum Gasteiger partial charge on any atom is 0.248 e. The van der Waals surface area contributed by atoms with E-state index in [1.165, 1.54) is 0 Å². The van der Waals surface area contributed by atoms with Crippen LogP contribution in [0.4, 0.5) is 0 Å². The zero-order chi connectivity index (χ0) is 19.6. The summed E-state index contributed by atoms with van der Waals surface area (Å²) in [4.78, 5) is 30.4. The highest BCUT2D eigenvalue weighted by molar-refractivity contribution is 5.89. The van der Waals surface area contributed by atoms with Gasteiger partial charge in [0.15, 0.2) is 0 Å². The summed E-state index contributed by atoms with van der Waals surface area (Å²) in [5.41, 5.74) is 0.340. The van der Waals surface area contributed by atoms with E-state index in [0.717, 1.165) is 31.2 Å². The van der Waals surface area contributed by atoms with Gasteiger partial charge in [-0.3, -0.25) is 14.5 Å². The molecule has 2 heterocycles. The van der Waals surface area contributed by atoms with Gasteiger partial charge >= 0.3 is 0 Å². The number of amides is 2. The Bertz CT molecular complexity index is 704. The summed E-state index contributed by atoms with van der Waals surface area (Å²) in [6.07, 6.45) is 4.08. The van der Waals surface area contributed by atoms with E-state index in [9.17, 15) is 9.59 Å². The van der Waals surface area contributed by atoms with Gasteiger partial charge in [0.25, 0.3) is 0 Å². The van der Waals surface area contributed by atoms with Gasteiger partial charge in [-0.15, -0.1) is 0 Å². The molecule has 0 bridgehead atoms. The maximum atomic E-state index is 13.4. The molecular weight excluding hydrogens is 356 g/mol. The lowest BCUT2D eigenvalue weighted by Crippen LogP contribution is -2.58. The van der Waals surface area contributed by atoms with E-state index in [2.05, 4.69) is 6.92 Å². The first-order valence-corrected chi connectivity index (χ1v) is 10.5. The van der Waals surface area contributed by atoms with Gasteiger partial charge < -0.3 is 14.4 Å². The average Bonchev–Trinajstić information content (AvgIpc) is 3.07. The van der Waals surface area contributed by atoms with Gasteiger partial charge in [0.1, 0.15) is 11.8 Å². The first-order chi connectivity index (χ1) is 13.6. The fourth-order valence-corrected chi connectivity index (χ4v) is 4.92. The van der Waals surface area contributed by atoms with E-state index in [1.807, 2.05) is 40.1 Å². The van der Waals surface area contributed by atoms with E-state index in [4.69, 9.17) is 9.47 Å². The van der Waals surface area contributed by atoms with Gasteiger partial charge in [0, 0.05) is 13.1 Å². The second-order valence-electron chi connectivity index (χ2n) is 8.34. The largest absolute Gasteiger partial charge is 0.378 e. The molecule has 3 unspecified atom stereocenters. The number of hydrogen-bond donors (Lipinski definition) is 0. The zero-order valence-corrected chi connectivity index (χ0v) is 16.6. The third kappa shape index (κ3) is 3.80. The molecule has 1 spiro atoms. The van der Waals surface area contributed by atoms with Gasteiger partial charge in [-0.2, -0.15) is 0 Å². The highest BCUT2D eigenvalue weighted by atomic mass is 16.5. The number of hydrogen-bond acceptors (Lipinski definition) is 4. The average molecular weight is 386 g/mol. The molecule has 0 aromatic heterocycles. The molecule has 6 nitrogen and oxygen atoms in total. The Morgan fingerprint density at radius 1 is 1.18 bits per heavy atom. The van der Waals surface area contributed by atoms with Crippen LogP contribution < -0.4 is 0 Å². The van der Waals surface area contributed by atoms with Crippen LogP contribution in [0.25, 0.3) is 0 Å². The minimum Gasteiger partial charge on any atom is -0.378 e. The van der Waals surface area contributed by atoms with Crippen molar-refractivity contribution in [2.24, 2.45) is 5.92 Å². The van der Waals surface area contributed by atoms with E-state index in [-0.39, 0.29) is 11.8 Å². The summed E-state index contributed by atoms with van der Waals surface area (Å²) in [6.45, 7) is 4.78. The zero-order valence-electron chi connectivity index (χ0n) is 16.6. The molecule has 2 saturated heterocycles. The molecule has 2 amide bonds. The van der Waals surface area contributed by atoms with E-state index in [1.54, 1.807) is 0 Å². The number of benzene rings is 1. The molecule has 3 atom stereocenters. The maximum absolute atomic E-state index is 13.4. The molecule has 2 aliphatic heterocycles. The number of ether oxygens (including phenoxy) is 2. The molecule has 3 aliphatic rings. The van der Waals surface area contributed by atoms with Crippen LogP contribution in [-0.2, 0) is 25.5 Å². The minimum absolute atomic E-state index is 0.000173. The molecule has 1 aliphatic carbocycles. The smallest absolute Gasteiger partial charge is 0.248 e. The number of morpholine rings is 1. The summed E-state index contributed by atoms with van der Waals surface area (Å²) in [6, 6.07) is 9.23. The van der Waals surface area contributed by atoms with Crippen molar-refractivity contribution in [3.63, 3.8) is 0 Å². The van der Waals surface area contributed by atoms with Crippen molar-refractivity contribution < 1.29 is 19.1 Å². The van der Waals surface area contributed by atoms with E-state index >= 15 is 0 Å². The van der Waals surface area contributed by atoms with Crippen molar-refractivity contribution in [3.05, 3.63) is 35.9 Å². The van der Waals surface area contributed by atoms with E-state index in [0.29, 0.717) is 45.2 Å². The first-order valence-electron chi connectivity index (χ1n) is 10.5. The predicted octanol–water partition coefficient (Wildman–Crippen LogP) is 2.22. The van der Waals surface area contributed by atoms with Crippen LogP contribution in [0, 0.1) is 5.92 Å². The highest BCUT2D eigenvalue weighted by Crippen LogP contribution is 2.43. The standard InChI is InChI=1S/C22H30N2O4/c1-17-6-5-9-22(15-17)24(20(25)14-18-7-3-2-4-8-18)19(16-28-22)21(26)23-10-12-27-13-11-23/h2-4,7-8,17,19H,5-6,9-16H2,1H3. The van der Waals surface area contributed by atoms with Crippen molar-refractivity contribution in [2.45, 2.75) is 50.8 Å². The number of rotatable bonds is 3. The van der Waals surface area contributed by atoms with Crippen molar-refractivity contribution in [1.82, 2.24) is 9.80 Å². The van der Waals surface area contributed by atoms with Crippen molar-refractivity contribution in [3.8, 4) is 0 Å². The Morgan fingerprint density at radius 2 is 1.93 bits per heavy atom. The Hall–Kier alpha value is -1.92. The molecule has 1 aromatic carbocycles. The summed E-state index contributed by atoms with van der Waals surface area (Å²) >= 11 is 0. The van der Waals surface area contributed by atoms with Crippen LogP contribution in [-0.4, -0.2) is 66.3 Å². The number of carbonyl (C=O) groups is 2. The first kappa shape index (κ1) is 19.4. The van der Waals surface area contributed by atoms with Gasteiger partial charge in [0.05, 0.1) is 26.2 Å². The van der Waals surface area contributed by atoms with Crippen LogP contribution >= 0.6 is 0 Å². The normalized spacial score (nSPS) is 30.6. The molecule has 6 heteroatoms. The lowest BCUT2D eigenvalue weighted by Gasteiger charge is -2.44. The third-order valence-corrected chi connectivity index (χ3v) is 6.27. The summed E-state index contributed by atoms with van der Waals surface area (Å²) < 4.78 is 11.7. The van der Waals surface area contributed by atoms with Crippen LogP contribution in [0.2, 0.25) is 0 Å². The predicted molar refractivity (Wildman–Crippen MR) is 104 cm³/mol. The fourth-order valence-electron chi connectivity index (χ4n) is 4.92. The van der Waals surface area contributed by atoms with Crippen LogP contribution in [0.15, 0.2) is 30.3 Å². The molecule has 4 rings (SSSR count). The van der Waals surface area contributed by atoms with Gasteiger partial charge in [-0.25, -0.2) is 0 Å². The second kappa shape index (κ2) is 8.21. The molecule has 3 fully saturated rings. The SMILES string of the molecule is CC1CCCC2(C1)OCC(C(=O)N1CCOCC1)N2C(=O)Cc1ccccc1. The second-order valence-corrected chi connectivity index (χ2v) is 8.34. The Labute approximate surface area is 166 Å². The molecule has 1 saturated carbocycles. The highest BCUT2D eigenvalue weighted by Gasteiger charge is 2.54. The van der Waals surface area contributed by atoms with Crippen LogP contribution in [0.1, 0.15) is 38.2 Å². The summed E-state index contributed by atoms with van der Waals surface area (Å²) in [5.74, 6) is 0.474. The lowest BCUT2D eigenvalue weighted by atomic mass is 9.83. The Morgan fingerprint density at radius 3 is 2.64 bits per heavy atom. The van der Waals surface area contributed by atoms with Crippen LogP contribution in [0.3, 0.4) is 0 Å². The van der Waals surface area contributed by atoms with Crippen molar-refractivity contribution >= 4 is 11.8 Å². The van der Waals surface area contributed by atoms with Crippen molar-refractivity contribution in [1.29, 1.82) is 0 Å². The van der Waals surface area contributed by atoms with Gasteiger partial charge in [-0.1, -0.05) is 43.7 Å². The van der Waals surface area contributed by atoms with Gasteiger partial charge in [0.2, 0.25) is 11.8 Å². The van der Waals surface area contributed by atoms with E-state index < -0.39 is 11.8 Å². The number of carbonyl (C=O) groups excluding carboxylic acids is 2. The lowest BCUT2D eigenvalue weighted by molar-refractivity contribution is -0.164. The summed E-state index contributed by atoms with van der Waals surface area (Å²) in [7, 11) is 0. The molecule has 152 valence electrons. The van der Waals surface area contributed by atoms with Crippen LogP contribution in [0.5, 0.6) is 0 Å². The molecule has 0 radical (unpaired) electrons. The fraction of sp³-hybridized carbons (Fsp3) is 0.636. The Balaban J connectivity index is 1.59. The Kier molecular flexibility index (Phi) is 5.69. The molecular formula is C22H30N2O4. The molecule has 0 N–H and O–H groups in total. The topological polar surface area (TPSA) is 59.1 Å². The monoisotopic (exact) mass is 386 g/mol. The third-order valence-electron chi connectivity index (χ3n) is 6.27. The van der Waals surface area contributed by atoms with Crippen molar-refractivity contribution in [2.75, 3.05) is 32.9 Å². The summed E-state index contributed by atoms with van der Waals surface area (Å²) in [5, 5.41) is 0. The molecule has 28 heavy (non-hydrogen) atoms. The number of nitrogens with zero attached hydrogens (tertiary/aromatic N) is 2.